The number of nitrogens with zero attached hydrogens (tertiary/aromatic N) is 1. The molecule has 0 amide bonds. The zero-order valence-corrected chi connectivity index (χ0v) is 12.6. The standard InChI is InChI=1S/C16H23ClN2O/c17-13-5-4-12(10-18-14-6-7-14)16(9-13)19-8-2-1-3-15(19)11-20/h4-5,9,14-15,18,20H,1-3,6-8,10-11H2. The third-order valence-electron chi connectivity index (χ3n) is 4.35. The molecule has 1 saturated heterocycles. The summed E-state index contributed by atoms with van der Waals surface area (Å²) in [7, 11) is 0. The second kappa shape index (κ2) is 6.33. The Morgan fingerprint density at radius 1 is 1.25 bits per heavy atom. The van der Waals surface area contributed by atoms with Gasteiger partial charge in [-0.2, -0.15) is 0 Å². The molecule has 1 aromatic rings. The number of nitrogens with one attached hydrogen (secondary N) is 1. The van der Waals surface area contributed by atoms with Crippen molar-refractivity contribution in [1.29, 1.82) is 0 Å². The number of aliphatic hydroxyl groups excluding tert-OH is 1. The molecule has 2 N–H and O–H groups in total. The van der Waals surface area contributed by atoms with Crippen LogP contribution in [0.5, 0.6) is 0 Å². The minimum Gasteiger partial charge on any atom is -0.394 e. The van der Waals surface area contributed by atoms with Crippen molar-refractivity contribution < 1.29 is 5.11 Å². The zero-order valence-electron chi connectivity index (χ0n) is 11.8. The van der Waals surface area contributed by atoms with E-state index in [4.69, 9.17) is 11.6 Å². The summed E-state index contributed by atoms with van der Waals surface area (Å²) >= 11 is 6.19. The molecule has 1 unspecified atom stereocenters. The predicted molar refractivity (Wildman–Crippen MR) is 83.4 cm³/mol. The molecular formula is C16H23ClN2O. The van der Waals surface area contributed by atoms with Gasteiger partial charge in [-0.25, -0.2) is 0 Å². The van der Waals surface area contributed by atoms with Crippen LogP contribution in [0.25, 0.3) is 0 Å². The molecule has 1 aliphatic heterocycles. The third kappa shape index (κ3) is 3.27. The van der Waals surface area contributed by atoms with Gasteiger partial charge in [-0.1, -0.05) is 17.7 Å². The van der Waals surface area contributed by atoms with Crippen LogP contribution >= 0.6 is 11.6 Å². The molecule has 20 heavy (non-hydrogen) atoms. The number of halogens is 1. The normalized spacial score (nSPS) is 23.1. The Bertz CT molecular complexity index is 462. The first-order chi connectivity index (χ1) is 9.78. The number of aliphatic hydroxyl groups is 1. The van der Waals surface area contributed by atoms with Gasteiger partial charge in [0, 0.05) is 29.8 Å². The van der Waals surface area contributed by atoms with Crippen LogP contribution in [0, 0.1) is 0 Å². The van der Waals surface area contributed by atoms with E-state index in [2.05, 4.69) is 22.3 Å². The maximum atomic E-state index is 9.62. The number of rotatable bonds is 5. The monoisotopic (exact) mass is 294 g/mol. The summed E-state index contributed by atoms with van der Waals surface area (Å²) in [6.07, 6.45) is 6.06. The van der Waals surface area contributed by atoms with Gasteiger partial charge in [0.2, 0.25) is 0 Å². The fourth-order valence-corrected chi connectivity index (χ4v) is 3.17. The van der Waals surface area contributed by atoms with E-state index in [0.29, 0.717) is 6.04 Å². The third-order valence-corrected chi connectivity index (χ3v) is 4.59. The first kappa shape index (κ1) is 14.2. The molecule has 1 atom stereocenters. The fourth-order valence-electron chi connectivity index (χ4n) is 3.00. The molecule has 1 aliphatic carbocycles. The number of hydrogen-bond acceptors (Lipinski definition) is 3. The lowest BCUT2D eigenvalue weighted by molar-refractivity contribution is 0.240. The summed E-state index contributed by atoms with van der Waals surface area (Å²) in [5.74, 6) is 0. The Morgan fingerprint density at radius 3 is 2.85 bits per heavy atom. The molecular weight excluding hydrogens is 272 g/mol. The summed E-state index contributed by atoms with van der Waals surface area (Å²) in [5, 5.41) is 14.0. The molecule has 4 heteroatoms. The Balaban J connectivity index is 1.82. The van der Waals surface area contributed by atoms with Crippen molar-refractivity contribution in [1.82, 2.24) is 5.32 Å². The van der Waals surface area contributed by atoms with Crippen LogP contribution in [0.15, 0.2) is 18.2 Å². The lowest BCUT2D eigenvalue weighted by atomic mass is 10.00. The molecule has 2 fully saturated rings. The lowest BCUT2D eigenvalue weighted by Gasteiger charge is -2.38. The summed E-state index contributed by atoms with van der Waals surface area (Å²) in [5.41, 5.74) is 2.49. The molecule has 0 radical (unpaired) electrons. The highest BCUT2D eigenvalue weighted by molar-refractivity contribution is 6.30. The Morgan fingerprint density at radius 2 is 2.10 bits per heavy atom. The highest BCUT2D eigenvalue weighted by Gasteiger charge is 2.25. The minimum absolute atomic E-state index is 0.224. The summed E-state index contributed by atoms with van der Waals surface area (Å²) < 4.78 is 0. The molecule has 3 rings (SSSR count). The molecule has 1 aromatic carbocycles. The van der Waals surface area contributed by atoms with Gasteiger partial charge in [0.15, 0.2) is 0 Å². The zero-order chi connectivity index (χ0) is 13.9. The maximum Gasteiger partial charge on any atom is 0.0635 e. The van der Waals surface area contributed by atoms with Crippen LogP contribution in [0.2, 0.25) is 5.02 Å². The van der Waals surface area contributed by atoms with Gasteiger partial charge in [0.05, 0.1) is 12.6 Å². The van der Waals surface area contributed by atoms with Gasteiger partial charge in [-0.15, -0.1) is 0 Å². The summed E-state index contributed by atoms with van der Waals surface area (Å²) in [6.45, 7) is 2.13. The summed E-state index contributed by atoms with van der Waals surface area (Å²) in [4.78, 5) is 2.35. The van der Waals surface area contributed by atoms with E-state index in [1.165, 1.54) is 36.9 Å². The van der Waals surface area contributed by atoms with Crippen molar-refractivity contribution >= 4 is 17.3 Å². The van der Waals surface area contributed by atoms with E-state index in [-0.39, 0.29) is 12.6 Å². The van der Waals surface area contributed by atoms with Crippen molar-refractivity contribution in [2.75, 3.05) is 18.1 Å². The van der Waals surface area contributed by atoms with Crippen LogP contribution < -0.4 is 10.2 Å². The largest absolute Gasteiger partial charge is 0.394 e. The minimum atomic E-state index is 0.224. The topological polar surface area (TPSA) is 35.5 Å². The van der Waals surface area contributed by atoms with Crippen molar-refractivity contribution in [3.8, 4) is 0 Å². The molecule has 0 spiro atoms. The van der Waals surface area contributed by atoms with E-state index in [1.54, 1.807) is 0 Å². The van der Waals surface area contributed by atoms with Crippen LogP contribution in [-0.2, 0) is 6.54 Å². The first-order valence-corrected chi connectivity index (χ1v) is 8.05. The summed E-state index contributed by atoms with van der Waals surface area (Å²) in [6, 6.07) is 7.08. The molecule has 3 nitrogen and oxygen atoms in total. The van der Waals surface area contributed by atoms with Crippen molar-refractivity contribution in [3.63, 3.8) is 0 Å². The Labute approximate surface area is 125 Å². The van der Waals surface area contributed by atoms with Gasteiger partial charge in [0.1, 0.15) is 0 Å². The van der Waals surface area contributed by atoms with E-state index in [1.807, 2.05) is 6.07 Å². The number of benzene rings is 1. The quantitative estimate of drug-likeness (QED) is 0.876. The second-order valence-corrected chi connectivity index (χ2v) is 6.39. The van der Waals surface area contributed by atoms with Gasteiger partial charge >= 0.3 is 0 Å². The molecule has 0 aromatic heterocycles. The fraction of sp³-hybridized carbons (Fsp3) is 0.625. The van der Waals surface area contributed by atoms with Crippen molar-refractivity contribution in [2.45, 2.75) is 50.7 Å². The second-order valence-electron chi connectivity index (χ2n) is 5.95. The average molecular weight is 295 g/mol. The lowest BCUT2D eigenvalue weighted by Crippen LogP contribution is -2.42. The Hall–Kier alpha value is -0.770. The van der Waals surface area contributed by atoms with Gasteiger partial charge in [0.25, 0.3) is 0 Å². The molecule has 110 valence electrons. The van der Waals surface area contributed by atoms with E-state index >= 15 is 0 Å². The van der Waals surface area contributed by atoms with Crippen molar-refractivity contribution in [3.05, 3.63) is 28.8 Å². The Kier molecular flexibility index (Phi) is 4.49. The smallest absolute Gasteiger partial charge is 0.0635 e. The highest BCUT2D eigenvalue weighted by Crippen LogP contribution is 2.31. The average Bonchev–Trinajstić information content (AvgIpc) is 3.30. The first-order valence-electron chi connectivity index (χ1n) is 7.67. The molecule has 1 saturated carbocycles. The number of hydrogen-bond donors (Lipinski definition) is 2. The van der Waals surface area contributed by atoms with E-state index in [0.717, 1.165) is 24.5 Å². The van der Waals surface area contributed by atoms with E-state index in [9.17, 15) is 5.11 Å². The molecule has 2 aliphatic rings. The van der Waals surface area contributed by atoms with Crippen LogP contribution in [0.3, 0.4) is 0 Å². The maximum absolute atomic E-state index is 9.62. The molecule has 1 heterocycles. The molecule has 0 bridgehead atoms. The highest BCUT2D eigenvalue weighted by atomic mass is 35.5. The number of anilines is 1. The van der Waals surface area contributed by atoms with Crippen LogP contribution in [0.1, 0.15) is 37.7 Å². The van der Waals surface area contributed by atoms with Crippen LogP contribution in [0.4, 0.5) is 5.69 Å². The van der Waals surface area contributed by atoms with Gasteiger partial charge in [-0.05, 0) is 49.8 Å². The number of piperidine rings is 1. The van der Waals surface area contributed by atoms with Crippen LogP contribution in [-0.4, -0.2) is 30.3 Å². The van der Waals surface area contributed by atoms with Gasteiger partial charge in [-0.3, -0.25) is 0 Å². The van der Waals surface area contributed by atoms with Crippen molar-refractivity contribution in [2.24, 2.45) is 0 Å². The SMILES string of the molecule is OCC1CCCCN1c1cc(Cl)ccc1CNC1CC1. The van der Waals surface area contributed by atoms with Gasteiger partial charge < -0.3 is 15.3 Å². The van der Waals surface area contributed by atoms with E-state index < -0.39 is 0 Å². The predicted octanol–water partition coefficient (Wildman–Crippen LogP) is 2.94.